The van der Waals surface area contributed by atoms with Crippen LogP contribution >= 0.6 is 11.8 Å². The number of esters is 1. The summed E-state index contributed by atoms with van der Waals surface area (Å²) in [6.45, 7) is 4.04. The number of aryl methyl sites for hydroxylation is 1. The van der Waals surface area contributed by atoms with Crippen LogP contribution in [0.3, 0.4) is 0 Å². The Morgan fingerprint density at radius 2 is 2.03 bits per heavy atom. The summed E-state index contributed by atoms with van der Waals surface area (Å²) in [5, 5.41) is 6.01. The molecule has 0 spiro atoms. The second-order valence-electron chi connectivity index (χ2n) is 8.59. The third-order valence-electron chi connectivity index (χ3n) is 6.30. The number of ether oxygens (including phenoxy) is 1. The molecule has 0 bridgehead atoms. The Labute approximate surface area is 194 Å². The molecule has 3 aliphatic rings. The molecular weight excluding hydrogens is 422 g/mol. The number of rotatable bonds is 6. The van der Waals surface area contributed by atoms with E-state index in [2.05, 4.69) is 11.4 Å². The van der Waals surface area contributed by atoms with Crippen molar-refractivity contribution in [2.45, 2.75) is 70.9 Å². The maximum atomic E-state index is 12.9. The zero-order valence-corrected chi connectivity index (χ0v) is 19.8. The van der Waals surface area contributed by atoms with Crippen LogP contribution in [0.1, 0.15) is 69.0 Å². The first-order valence-electron chi connectivity index (χ1n) is 11.4. The maximum absolute atomic E-state index is 12.9. The highest BCUT2D eigenvalue weighted by Gasteiger charge is 2.41. The number of nitrogens with one attached hydrogen (secondary N) is 1. The number of hydrogen-bond acceptors (Lipinski definition) is 6. The van der Waals surface area contributed by atoms with Crippen LogP contribution in [-0.4, -0.2) is 35.1 Å². The number of aliphatic imine (C=N–C) groups is 1. The first kappa shape index (κ1) is 22.6. The smallest absolute Gasteiger partial charge is 0.338 e. The SMILES string of the molecule is CCC1=C(C(=O)OC)[C@@H](c2cccc(C)c2)N2C(CC(=O)NC3CCCCC3)=CSC2=N1. The van der Waals surface area contributed by atoms with Gasteiger partial charge in [0.05, 0.1) is 30.8 Å². The average Bonchev–Trinajstić information content (AvgIpc) is 3.19. The number of amidine groups is 1. The van der Waals surface area contributed by atoms with Gasteiger partial charge in [0.15, 0.2) is 5.17 Å². The summed E-state index contributed by atoms with van der Waals surface area (Å²) >= 11 is 1.51. The molecule has 2 aliphatic heterocycles. The molecule has 170 valence electrons. The molecule has 1 aromatic rings. The quantitative estimate of drug-likeness (QED) is 0.616. The molecule has 32 heavy (non-hydrogen) atoms. The van der Waals surface area contributed by atoms with Gasteiger partial charge in [-0.25, -0.2) is 9.79 Å². The molecule has 1 aromatic carbocycles. The molecule has 1 atom stereocenters. The fourth-order valence-electron chi connectivity index (χ4n) is 4.76. The molecule has 7 heteroatoms. The van der Waals surface area contributed by atoms with E-state index >= 15 is 0 Å². The van der Waals surface area contributed by atoms with Crippen molar-refractivity contribution in [3.05, 3.63) is 57.8 Å². The molecule has 0 unspecified atom stereocenters. The van der Waals surface area contributed by atoms with E-state index in [1.165, 1.54) is 38.1 Å². The lowest BCUT2D eigenvalue weighted by Crippen LogP contribution is -2.40. The van der Waals surface area contributed by atoms with Gasteiger partial charge in [-0.1, -0.05) is 67.8 Å². The molecule has 1 amide bonds. The number of thioether (sulfide) groups is 1. The predicted octanol–water partition coefficient (Wildman–Crippen LogP) is 4.97. The van der Waals surface area contributed by atoms with Crippen LogP contribution in [0.5, 0.6) is 0 Å². The number of nitrogens with zero attached hydrogens (tertiary/aromatic N) is 2. The topological polar surface area (TPSA) is 71.0 Å². The third-order valence-corrected chi connectivity index (χ3v) is 7.19. The van der Waals surface area contributed by atoms with E-state index in [0.29, 0.717) is 12.0 Å². The van der Waals surface area contributed by atoms with Gasteiger partial charge in [0, 0.05) is 11.7 Å². The largest absolute Gasteiger partial charge is 0.466 e. The minimum atomic E-state index is -0.376. The fraction of sp³-hybridized carbons (Fsp3) is 0.480. The first-order chi connectivity index (χ1) is 15.5. The molecule has 1 fully saturated rings. The Morgan fingerprint density at radius 1 is 1.25 bits per heavy atom. The van der Waals surface area contributed by atoms with E-state index < -0.39 is 0 Å². The van der Waals surface area contributed by atoms with Gasteiger partial charge >= 0.3 is 5.97 Å². The van der Waals surface area contributed by atoms with E-state index in [4.69, 9.17) is 9.73 Å². The van der Waals surface area contributed by atoms with Crippen molar-refractivity contribution in [1.82, 2.24) is 10.2 Å². The fourth-order valence-corrected chi connectivity index (χ4v) is 5.70. The van der Waals surface area contributed by atoms with Crippen molar-refractivity contribution >= 4 is 28.8 Å². The molecule has 1 N–H and O–H groups in total. The van der Waals surface area contributed by atoms with Crippen LogP contribution in [0.2, 0.25) is 0 Å². The highest BCUT2D eigenvalue weighted by Crippen LogP contribution is 2.45. The Bertz CT molecular complexity index is 992. The molecule has 4 rings (SSSR count). The minimum Gasteiger partial charge on any atom is -0.466 e. The van der Waals surface area contributed by atoms with Crippen molar-refractivity contribution in [1.29, 1.82) is 0 Å². The highest BCUT2D eigenvalue weighted by molar-refractivity contribution is 8.16. The lowest BCUT2D eigenvalue weighted by atomic mass is 9.92. The minimum absolute atomic E-state index is 0.0258. The van der Waals surface area contributed by atoms with Crippen molar-refractivity contribution in [2.75, 3.05) is 7.11 Å². The molecule has 0 radical (unpaired) electrons. The zero-order valence-electron chi connectivity index (χ0n) is 19.0. The van der Waals surface area contributed by atoms with Gasteiger partial charge < -0.3 is 15.0 Å². The summed E-state index contributed by atoms with van der Waals surface area (Å²) in [6, 6.07) is 8.06. The van der Waals surface area contributed by atoms with Gasteiger partial charge in [0.25, 0.3) is 0 Å². The van der Waals surface area contributed by atoms with Gasteiger partial charge in [-0.2, -0.15) is 0 Å². The summed E-state index contributed by atoms with van der Waals surface area (Å²) < 4.78 is 5.17. The van der Waals surface area contributed by atoms with Crippen molar-refractivity contribution in [3.8, 4) is 0 Å². The van der Waals surface area contributed by atoms with Crippen LogP contribution < -0.4 is 5.32 Å². The van der Waals surface area contributed by atoms with E-state index in [-0.39, 0.29) is 30.4 Å². The van der Waals surface area contributed by atoms with Crippen LogP contribution in [0.4, 0.5) is 0 Å². The lowest BCUT2D eigenvalue weighted by molar-refractivity contribution is -0.136. The van der Waals surface area contributed by atoms with E-state index in [1.807, 2.05) is 42.4 Å². The van der Waals surface area contributed by atoms with E-state index in [0.717, 1.165) is 40.5 Å². The number of hydrogen-bond donors (Lipinski definition) is 1. The van der Waals surface area contributed by atoms with Gasteiger partial charge in [0.2, 0.25) is 5.91 Å². The normalized spacial score (nSPS) is 21.1. The van der Waals surface area contributed by atoms with Gasteiger partial charge in [-0.3, -0.25) is 4.79 Å². The van der Waals surface area contributed by atoms with Crippen LogP contribution in [0.15, 0.2) is 51.6 Å². The Morgan fingerprint density at radius 3 is 2.72 bits per heavy atom. The van der Waals surface area contributed by atoms with E-state index in [9.17, 15) is 9.59 Å². The Kier molecular flexibility index (Phi) is 7.04. The van der Waals surface area contributed by atoms with Crippen molar-refractivity contribution in [2.24, 2.45) is 4.99 Å². The third kappa shape index (κ3) is 4.63. The maximum Gasteiger partial charge on any atom is 0.338 e. The molecule has 1 aliphatic carbocycles. The van der Waals surface area contributed by atoms with Crippen LogP contribution in [-0.2, 0) is 14.3 Å². The number of allylic oxidation sites excluding steroid dienone is 1. The number of fused-ring (bicyclic) bond motifs is 1. The number of amides is 1. The Balaban J connectivity index is 1.66. The monoisotopic (exact) mass is 453 g/mol. The summed E-state index contributed by atoms with van der Waals surface area (Å²) in [6.07, 6.45) is 6.60. The molecule has 1 saturated carbocycles. The van der Waals surface area contributed by atoms with Gasteiger partial charge in [-0.05, 0) is 37.2 Å². The number of benzene rings is 1. The standard InChI is InChI=1S/C25H31N3O3S/c1-4-20-22(24(30)31-3)23(17-10-8-9-16(2)13-17)28-19(15-32-25(28)27-20)14-21(29)26-18-11-6-5-7-12-18/h8-10,13,15,18,23H,4-7,11-12,14H2,1-3H3,(H,26,29)/t23-/m1/s1. The molecule has 0 aromatic heterocycles. The second-order valence-corrected chi connectivity index (χ2v) is 9.43. The molecule has 2 heterocycles. The average molecular weight is 454 g/mol. The van der Waals surface area contributed by atoms with Crippen LogP contribution in [0.25, 0.3) is 0 Å². The van der Waals surface area contributed by atoms with Crippen LogP contribution in [0, 0.1) is 6.92 Å². The number of methoxy groups -OCH3 is 1. The van der Waals surface area contributed by atoms with Gasteiger partial charge in [-0.15, -0.1) is 0 Å². The van der Waals surface area contributed by atoms with E-state index in [1.54, 1.807) is 0 Å². The lowest BCUT2D eigenvalue weighted by Gasteiger charge is -2.36. The van der Waals surface area contributed by atoms with Gasteiger partial charge in [0.1, 0.15) is 0 Å². The van der Waals surface area contributed by atoms with Crippen molar-refractivity contribution < 1.29 is 14.3 Å². The van der Waals surface area contributed by atoms with Crippen molar-refractivity contribution in [3.63, 3.8) is 0 Å². The number of carbonyl (C=O) groups excluding carboxylic acids is 2. The highest BCUT2D eigenvalue weighted by atomic mass is 32.2. The first-order valence-corrected chi connectivity index (χ1v) is 12.3. The number of carbonyl (C=O) groups is 2. The predicted molar refractivity (Wildman–Crippen MR) is 128 cm³/mol. The second kappa shape index (κ2) is 9.94. The molecular formula is C25H31N3O3S. The molecule has 0 saturated heterocycles. The summed E-state index contributed by atoms with van der Waals surface area (Å²) in [5.41, 5.74) is 4.25. The zero-order chi connectivity index (χ0) is 22.7. The summed E-state index contributed by atoms with van der Waals surface area (Å²) in [7, 11) is 1.41. The molecule has 6 nitrogen and oxygen atoms in total. The Hall–Kier alpha value is -2.54. The summed E-state index contributed by atoms with van der Waals surface area (Å²) in [4.78, 5) is 32.6. The summed E-state index contributed by atoms with van der Waals surface area (Å²) in [5.74, 6) is -0.350.